The lowest BCUT2D eigenvalue weighted by Crippen LogP contribution is -2.33. The number of nitrogens with one attached hydrogen (secondary N) is 1. The molecule has 0 bridgehead atoms. The molecule has 0 aromatic heterocycles. The fourth-order valence-corrected chi connectivity index (χ4v) is 2.62. The number of halogens is 1. The Labute approximate surface area is 104 Å². The van der Waals surface area contributed by atoms with Crippen LogP contribution >= 0.6 is 0 Å². The van der Waals surface area contributed by atoms with Crippen LogP contribution < -0.4 is 5.32 Å². The monoisotopic (exact) mass is 237 g/mol. The van der Waals surface area contributed by atoms with Gasteiger partial charge in [-0.3, -0.25) is 0 Å². The van der Waals surface area contributed by atoms with Crippen molar-refractivity contribution in [3.8, 4) is 0 Å². The highest BCUT2D eigenvalue weighted by atomic mass is 19.1. The third kappa shape index (κ3) is 3.81. The molecule has 17 heavy (non-hydrogen) atoms. The third-order valence-corrected chi connectivity index (χ3v) is 3.30. The lowest BCUT2D eigenvalue weighted by molar-refractivity contribution is 0.391. The highest BCUT2D eigenvalue weighted by Crippen LogP contribution is 2.31. The van der Waals surface area contributed by atoms with Gasteiger partial charge in [-0.25, -0.2) is 4.39 Å². The van der Waals surface area contributed by atoms with E-state index in [2.05, 4.69) is 39.9 Å². The van der Waals surface area contributed by atoms with Crippen molar-refractivity contribution in [2.45, 2.75) is 52.5 Å². The van der Waals surface area contributed by atoms with E-state index in [0.717, 1.165) is 18.5 Å². The van der Waals surface area contributed by atoms with Gasteiger partial charge in [-0.05, 0) is 55.5 Å². The van der Waals surface area contributed by atoms with Crippen molar-refractivity contribution in [3.05, 3.63) is 35.1 Å². The highest BCUT2D eigenvalue weighted by Gasteiger charge is 2.25. The molecule has 0 amide bonds. The zero-order valence-electron chi connectivity index (χ0n) is 11.6. The summed E-state index contributed by atoms with van der Waals surface area (Å²) in [6.45, 7) is 11.7. The van der Waals surface area contributed by atoms with Gasteiger partial charge in [0.1, 0.15) is 5.82 Å². The first-order valence-corrected chi connectivity index (χ1v) is 6.37. The van der Waals surface area contributed by atoms with Crippen LogP contribution in [0.15, 0.2) is 18.2 Å². The summed E-state index contributed by atoms with van der Waals surface area (Å²) in [6.07, 6.45) is 1.01. The fraction of sp³-hybridized carbons (Fsp3) is 0.600. The number of rotatable bonds is 5. The van der Waals surface area contributed by atoms with E-state index in [1.807, 2.05) is 6.07 Å². The van der Waals surface area contributed by atoms with Crippen LogP contribution in [-0.2, 0) is 5.41 Å². The van der Waals surface area contributed by atoms with Crippen molar-refractivity contribution >= 4 is 0 Å². The third-order valence-electron chi connectivity index (χ3n) is 3.30. The minimum atomic E-state index is -0.144. The molecular weight excluding hydrogens is 213 g/mol. The molecule has 1 nitrogen and oxygen atoms in total. The van der Waals surface area contributed by atoms with E-state index in [9.17, 15) is 4.39 Å². The zero-order valence-corrected chi connectivity index (χ0v) is 11.6. The fourth-order valence-electron chi connectivity index (χ4n) is 2.62. The average molecular weight is 237 g/mol. The maximum Gasteiger partial charge on any atom is 0.123 e. The number of hydrogen-bond donors (Lipinski definition) is 1. The second-order valence-corrected chi connectivity index (χ2v) is 5.51. The summed E-state index contributed by atoms with van der Waals surface area (Å²) in [7, 11) is 0. The Morgan fingerprint density at radius 2 is 2.00 bits per heavy atom. The largest absolute Gasteiger partial charge is 0.315 e. The van der Waals surface area contributed by atoms with Crippen LogP contribution in [-0.4, -0.2) is 12.6 Å². The normalized spacial score (nSPS) is 13.8. The van der Waals surface area contributed by atoms with Gasteiger partial charge in [-0.1, -0.05) is 26.8 Å². The van der Waals surface area contributed by atoms with Crippen LogP contribution in [0.3, 0.4) is 0 Å². The van der Waals surface area contributed by atoms with Gasteiger partial charge in [0.25, 0.3) is 0 Å². The molecule has 0 fully saturated rings. The van der Waals surface area contributed by atoms with E-state index in [-0.39, 0.29) is 11.2 Å². The van der Waals surface area contributed by atoms with Gasteiger partial charge in [0.15, 0.2) is 0 Å². The summed E-state index contributed by atoms with van der Waals surface area (Å²) in [6, 6.07) is 5.51. The van der Waals surface area contributed by atoms with Crippen LogP contribution in [0.2, 0.25) is 0 Å². The Bertz CT molecular complexity index is 371. The van der Waals surface area contributed by atoms with E-state index in [0.29, 0.717) is 6.04 Å². The maximum atomic E-state index is 13.3. The van der Waals surface area contributed by atoms with Crippen LogP contribution in [0.5, 0.6) is 0 Å². The SMILES string of the molecule is CCNC(C)CC(C)(C)c1cc(F)ccc1C. The minimum absolute atomic E-state index is 0.00618. The molecule has 1 rings (SSSR count). The van der Waals surface area contributed by atoms with E-state index in [4.69, 9.17) is 0 Å². The molecule has 0 aliphatic rings. The van der Waals surface area contributed by atoms with Gasteiger partial charge in [0.05, 0.1) is 0 Å². The quantitative estimate of drug-likeness (QED) is 0.821. The first-order chi connectivity index (χ1) is 7.86. The summed E-state index contributed by atoms with van der Waals surface area (Å²) in [5, 5.41) is 3.41. The predicted octanol–water partition coefficient (Wildman–Crippen LogP) is 3.80. The van der Waals surface area contributed by atoms with Crippen molar-refractivity contribution < 1.29 is 4.39 Å². The number of benzene rings is 1. The van der Waals surface area contributed by atoms with Crippen molar-refractivity contribution in [2.24, 2.45) is 0 Å². The lowest BCUT2D eigenvalue weighted by atomic mass is 9.77. The smallest absolute Gasteiger partial charge is 0.123 e. The molecule has 0 aliphatic heterocycles. The number of hydrogen-bond acceptors (Lipinski definition) is 1. The van der Waals surface area contributed by atoms with Gasteiger partial charge in [-0.15, -0.1) is 0 Å². The maximum absolute atomic E-state index is 13.3. The minimum Gasteiger partial charge on any atom is -0.315 e. The summed E-state index contributed by atoms with van der Waals surface area (Å²) >= 11 is 0. The molecule has 0 aliphatic carbocycles. The average Bonchev–Trinajstić information content (AvgIpc) is 2.21. The molecule has 1 N–H and O–H groups in total. The molecule has 96 valence electrons. The summed E-state index contributed by atoms with van der Waals surface area (Å²) in [5.41, 5.74) is 2.27. The van der Waals surface area contributed by atoms with Gasteiger partial charge in [-0.2, -0.15) is 0 Å². The summed E-state index contributed by atoms with van der Waals surface area (Å²) < 4.78 is 13.3. The summed E-state index contributed by atoms with van der Waals surface area (Å²) in [4.78, 5) is 0. The summed E-state index contributed by atoms with van der Waals surface area (Å²) in [5.74, 6) is -0.144. The van der Waals surface area contributed by atoms with Gasteiger partial charge >= 0.3 is 0 Å². The predicted molar refractivity (Wildman–Crippen MR) is 71.9 cm³/mol. The van der Waals surface area contributed by atoms with Crippen LogP contribution in [0.4, 0.5) is 4.39 Å². The lowest BCUT2D eigenvalue weighted by Gasteiger charge is -2.30. The van der Waals surface area contributed by atoms with Crippen molar-refractivity contribution in [1.82, 2.24) is 5.32 Å². The van der Waals surface area contributed by atoms with E-state index in [1.165, 1.54) is 11.6 Å². The Kier molecular flexibility index (Phi) is 4.70. The van der Waals surface area contributed by atoms with Crippen molar-refractivity contribution in [2.75, 3.05) is 6.54 Å². The molecule has 0 heterocycles. The van der Waals surface area contributed by atoms with Crippen LogP contribution in [0, 0.1) is 12.7 Å². The molecule has 0 spiro atoms. The van der Waals surface area contributed by atoms with Crippen molar-refractivity contribution in [3.63, 3.8) is 0 Å². The zero-order chi connectivity index (χ0) is 13.1. The first-order valence-electron chi connectivity index (χ1n) is 6.37. The molecule has 1 aromatic rings. The molecule has 2 heteroatoms. The standard InChI is InChI=1S/C15H24FN/c1-6-17-12(3)10-15(4,5)14-9-13(16)8-7-11(14)2/h7-9,12,17H,6,10H2,1-5H3. The van der Waals surface area contributed by atoms with E-state index in [1.54, 1.807) is 6.07 Å². The number of aryl methyl sites for hydroxylation is 1. The van der Waals surface area contributed by atoms with Crippen LogP contribution in [0.1, 0.15) is 45.2 Å². The van der Waals surface area contributed by atoms with E-state index >= 15 is 0 Å². The Balaban J connectivity index is 2.91. The van der Waals surface area contributed by atoms with Crippen molar-refractivity contribution in [1.29, 1.82) is 0 Å². The van der Waals surface area contributed by atoms with Gasteiger partial charge in [0, 0.05) is 6.04 Å². The molecule has 1 unspecified atom stereocenters. The molecule has 0 radical (unpaired) electrons. The Morgan fingerprint density at radius 1 is 1.35 bits per heavy atom. The second kappa shape index (κ2) is 5.63. The molecule has 0 saturated carbocycles. The second-order valence-electron chi connectivity index (χ2n) is 5.51. The Morgan fingerprint density at radius 3 is 2.59 bits per heavy atom. The van der Waals surface area contributed by atoms with Gasteiger partial charge < -0.3 is 5.32 Å². The molecule has 0 saturated heterocycles. The molecule has 1 aromatic carbocycles. The highest BCUT2D eigenvalue weighted by molar-refractivity contribution is 5.33. The topological polar surface area (TPSA) is 12.0 Å². The first kappa shape index (κ1) is 14.2. The Hall–Kier alpha value is -0.890. The molecule has 1 atom stereocenters. The molecular formula is C15H24FN. The van der Waals surface area contributed by atoms with Crippen LogP contribution in [0.25, 0.3) is 0 Å². The van der Waals surface area contributed by atoms with Gasteiger partial charge in [0.2, 0.25) is 0 Å². The van der Waals surface area contributed by atoms with E-state index < -0.39 is 0 Å².